The first-order chi connectivity index (χ1) is 11.6. The number of sulfonamides is 1. The van der Waals surface area contributed by atoms with Crippen molar-refractivity contribution in [2.45, 2.75) is 36.7 Å². The van der Waals surface area contributed by atoms with Crippen molar-refractivity contribution in [2.24, 2.45) is 0 Å². The van der Waals surface area contributed by atoms with E-state index in [0.29, 0.717) is 24.0 Å². The first-order valence-electron chi connectivity index (χ1n) is 8.34. The summed E-state index contributed by atoms with van der Waals surface area (Å²) in [5, 5.41) is 2.18. The van der Waals surface area contributed by atoms with E-state index in [-0.39, 0.29) is 0 Å². The number of fused-ring (bicyclic) bond motifs is 1. The van der Waals surface area contributed by atoms with Crippen LogP contribution in [-0.2, 0) is 23.0 Å². The molecule has 2 aromatic rings. The number of hydrogen-bond acceptors (Lipinski definition) is 5. The van der Waals surface area contributed by atoms with Crippen LogP contribution in [0.1, 0.15) is 23.3 Å². The number of rotatable bonds is 3. The summed E-state index contributed by atoms with van der Waals surface area (Å²) in [5.74, 6) is 0. The molecule has 4 rings (SSSR count). The summed E-state index contributed by atoms with van der Waals surface area (Å²) >= 11 is 1.86. The Bertz CT molecular complexity index is 796. The smallest absolute Gasteiger partial charge is 0.244 e. The van der Waals surface area contributed by atoms with Gasteiger partial charge in [0.05, 0.1) is 0 Å². The highest BCUT2D eigenvalue weighted by Crippen LogP contribution is 2.29. The van der Waals surface area contributed by atoms with Crippen LogP contribution in [0.2, 0.25) is 0 Å². The Kier molecular flexibility index (Phi) is 4.42. The lowest BCUT2D eigenvalue weighted by Gasteiger charge is -2.39. The van der Waals surface area contributed by atoms with Crippen molar-refractivity contribution in [3.05, 3.63) is 46.4 Å². The van der Waals surface area contributed by atoms with Gasteiger partial charge in [-0.05, 0) is 48.4 Å². The third-order valence-electron chi connectivity index (χ3n) is 5.05. The molecule has 0 atom stereocenters. The molecule has 0 amide bonds. The van der Waals surface area contributed by atoms with Gasteiger partial charge in [-0.25, -0.2) is 8.42 Å². The minimum absolute atomic E-state index is 0.296. The lowest BCUT2D eigenvalue weighted by atomic mass is 10.0. The van der Waals surface area contributed by atoms with Crippen LogP contribution in [0.25, 0.3) is 0 Å². The molecule has 0 saturated carbocycles. The number of hydrogen-bond donors (Lipinski definition) is 0. The van der Waals surface area contributed by atoms with Gasteiger partial charge in [-0.15, -0.1) is 11.3 Å². The van der Waals surface area contributed by atoms with Gasteiger partial charge in [0.1, 0.15) is 4.90 Å². The Balaban J connectivity index is 1.41. The molecule has 128 valence electrons. The topological polar surface area (TPSA) is 53.5 Å². The van der Waals surface area contributed by atoms with Gasteiger partial charge in [-0.1, -0.05) is 0 Å². The van der Waals surface area contributed by atoms with Crippen molar-refractivity contribution in [3.8, 4) is 0 Å². The molecule has 0 radical (unpaired) electrons. The average Bonchev–Trinajstić information content (AvgIpc) is 3.10. The fraction of sp³-hybridized carbons (Fsp3) is 0.471. The standard InChI is InChI=1S/C17H21N3O2S2/c21-24(22,16-2-1-7-18-12-16)20-9-3-15(4-10-20)19-8-5-17-14(13-19)6-11-23-17/h1-2,6-7,11-12,15H,3-5,8-10,13H2. The predicted molar refractivity (Wildman–Crippen MR) is 94.5 cm³/mol. The quantitative estimate of drug-likeness (QED) is 0.840. The van der Waals surface area contributed by atoms with Gasteiger partial charge >= 0.3 is 0 Å². The van der Waals surface area contributed by atoms with E-state index >= 15 is 0 Å². The molecule has 7 heteroatoms. The minimum atomic E-state index is -3.40. The van der Waals surface area contributed by atoms with Crippen molar-refractivity contribution < 1.29 is 8.42 Å². The van der Waals surface area contributed by atoms with Gasteiger partial charge in [0.25, 0.3) is 0 Å². The average molecular weight is 364 g/mol. The number of nitrogens with zero attached hydrogens (tertiary/aromatic N) is 3. The normalized spacial score (nSPS) is 20.8. The fourth-order valence-corrected chi connectivity index (χ4v) is 6.00. The maximum Gasteiger partial charge on any atom is 0.244 e. The fourth-order valence-electron chi connectivity index (χ4n) is 3.68. The van der Waals surface area contributed by atoms with E-state index in [2.05, 4.69) is 21.3 Å². The Hall–Kier alpha value is -1.28. The summed E-state index contributed by atoms with van der Waals surface area (Å²) in [6.45, 7) is 3.29. The summed E-state index contributed by atoms with van der Waals surface area (Å²) < 4.78 is 27.0. The SMILES string of the molecule is O=S(=O)(c1cccnc1)N1CCC(N2CCc3sccc3C2)CC1. The largest absolute Gasteiger partial charge is 0.296 e. The molecule has 5 nitrogen and oxygen atoms in total. The first kappa shape index (κ1) is 16.2. The summed E-state index contributed by atoms with van der Waals surface area (Å²) in [6, 6.07) is 6.01. The Labute approximate surface area is 147 Å². The van der Waals surface area contributed by atoms with Gasteiger partial charge in [0.2, 0.25) is 10.0 Å². The van der Waals surface area contributed by atoms with Crippen molar-refractivity contribution in [2.75, 3.05) is 19.6 Å². The van der Waals surface area contributed by atoms with Crippen molar-refractivity contribution in [1.82, 2.24) is 14.2 Å². The van der Waals surface area contributed by atoms with Crippen LogP contribution in [0.15, 0.2) is 40.9 Å². The van der Waals surface area contributed by atoms with Gasteiger partial charge in [-0.2, -0.15) is 4.31 Å². The third-order valence-corrected chi connectivity index (χ3v) is 7.95. The molecular formula is C17H21N3O2S2. The first-order valence-corrected chi connectivity index (χ1v) is 10.7. The van der Waals surface area contributed by atoms with Crippen LogP contribution < -0.4 is 0 Å². The van der Waals surface area contributed by atoms with Crippen LogP contribution in [0.4, 0.5) is 0 Å². The van der Waals surface area contributed by atoms with Gasteiger partial charge in [0, 0.05) is 49.5 Å². The number of piperidine rings is 1. The summed E-state index contributed by atoms with van der Waals surface area (Å²) in [4.78, 5) is 8.28. The van der Waals surface area contributed by atoms with Crippen LogP contribution >= 0.6 is 11.3 Å². The van der Waals surface area contributed by atoms with Crippen LogP contribution in [0.5, 0.6) is 0 Å². The van der Waals surface area contributed by atoms with E-state index in [1.807, 2.05) is 11.3 Å². The van der Waals surface area contributed by atoms with Crippen molar-refractivity contribution in [3.63, 3.8) is 0 Å². The van der Waals surface area contributed by atoms with Gasteiger partial charge in [-0.3, -0.25) is 9.88 Å². The van der Waals surface area contributed by atoms with E-state index in [9.17, 15) is 8.42 Å². The number of aromatic nitrogens is 1. The second-order valence-electron chi connectivity index (χ2n) is 6.41. The molecule has 2 aliphatic rings. The zero-order chi connectivity index (χ0) is 16.6. The van der Waals surface area contributed by atoms with E-state index in [4.69, 9.17) is 0 Å². The predicted octanol–water partition coefficient (Wildman–Crippen LogP) is 2.35. The molecule has 0 unspecified atom stereocenters. The maximum absolute atomic E-state index is 12.7. The second-order valence-corrected chi connectivity index (χ2v) is 9.35. The molecule has 0 N–H and O–H groups in total. The summed E-state index contributed by atoms with van der Waals surface area (Å²) in [7, 11) is -3.40. The van der Waals surface area contributed by atoms with E-state index in [1.54, 1.807) is 22.6 Å². The molecule has 0 aromatic carbocycles. The molecule has 1 fully saturated rings. The van der Waals surface area contributed by atoms with Crippen LogP contribution in [-0.4, -0.2) is 48.3 Å². The molecular weight excluding hydrogens is 342 g/mol. The van der Waals surface area contributed by atoms with Crippen LogP contribution in [0, 0.1) is 0 Å². The lowest BCUT2D eigenvalue weighted by molar-refractivity contribution is 0.127. The highest BCUT2D eigenvalue weighted by atomic mass is 32.2. The second kappa shape index (κ2) is 6.55. The zero-order valence-corrected chi connectivity index (χ0v) is 15.1. The molecule has 24 heavy (non-hydrogen) atoms. The Morgan fingerprint density at radius 1 is 1.17 bits per heavy atom. The van der Waals surface area contributed by atoms with Gasteiger partial charge in [0.15, 0.2) is 0 Å². The van der Waals surface area contributed by atoms with E-state index in [0.717, 1.165) is 32.4 Å². The maximum atomic E-state index is 12.7. The Morgan fingerprint density at radius 2 is 2.00 bits per heavy atom. The molecule has 0 aliphatic carbocycles. The molecule has 1 saturated heterocycles. The summed E-state index contributed by atoms with van der Waals surface area (Å²) in [5.41, 5.74) is 1.46. The van der Waals surface area contributed by atoms with E-state index < -0.39 is 10.0 Å². The lowest BCUT2D eigenvalue weighted by Crippen LogP contribution is -2.47. The van der Waals surface area contributed by atoms with Crippen LogP contribution in [0.3, 0.4) is 0 Å². The van der Waals surface area contributed by atoms with Gasteiger partial charge < -0.3 is 0 Å². The third kappa shape index (κ3) is 3.01. The van der Waals surface area contributed by atoms with E-state index in [1.165, 1.54) is 16.6 Å². The molecule has 2 aromatic heterocycles. The molecule has 4 heterocycles. The zero-order valence-electron chi connectivity index (χ0n) is 13.5. The summed E-state index contributed by atoms with van der Waals surface area (Å²) in [6.07, 6.45) is 5.96. The van der Waals surface area contributed by atoms with Crippen molar-refractivity contribution >= 4 is 21.4 Å². The Morgan fingerprint density at radius 3 is 2.75 bits per heavy atom. The molecule has 2 aliphatic heterocycles. The molecule has 0 bridgehead atoms. The number of pyridine rings is 1. The highest BCUT2D eigenvalue weighted by Gasteiger charge is 2.32. The number of thiophene rings is 1. The minimum Gasteiger partial charge on any atom is -0.296 e. The molecule has 0 spiro atoms. The van der Waals surface area contributed by atoms with Crippen molar-refractivity contribution in [1.29, 1.82) is 0 Å². The highest BCUT2D eigenvalue weighted by molar-refractivity contribution is 7.89. The monoisotopic (exact) mass is 363 g/mol.